The van der Waals surface area contributed by atoms with Crippen molar-refractivity contribution in [2.24, 2.45) is 0 Å². The summed E-state index contributed by atoms with van der Waals surface area (Å²) in [4.78, 5) is 36.6. The van der Waals surface area contributed by atoms with E-state index >= 15 is 0 Å². The molecule has 0 aliphatic carbocycles. The molecule has 144 valence electrons. The number of hydrogen-bond acceptors (Lipinski definition) is 7. The largest absolute Gasteiger partial charge is 0.437 e. The van der Waals surface area contributed by atoms with Crippen LogP contribution in [-0.4, -0.2) is 56.7 Å². The Kier molecular flexibility index (Phi) is 4.83. The van der Waals surface area contributed by atoms with Crippen molar-refractivity contribution < 1.29 is 13.6 Å². The molecule has 3 heterocycles. The van der Waals surface area contributed by atoms with Gasteiger partial charge in [0.15, 0.2) is 0 Å². The summed E-state index contributed by atoms with van der Waals surface area (Å²) in [6, 6.07) is 5.41. The van der Waals surface area contributed by atoms with E-state index < -0.39 is 11.6 Å². The maximum atomic E-state index is 13.0. The summed E-state index contributed by atoms with van der Waals surface area (Å²) in [6.45, 7) is 2.05. The van der Waals surface area contributed by atoms with E-state index in [1.165, 1.54) is 24.3 Å². The van der Waals surface area contributed by atoms with Crippen molar-refractivity contribution in [1.29, 1.82) is 0 Å². The molecule has 1 saturated heterocycles. The number of aromatic nitrogens is 4. The van der Waals surface area contributed by atoms with Crippen molar-refractivity contribution in [1.82, 2.24) is 24.6 Å². The fourth-order valence-electron chi connectivity index (χ4n) is 2.98. The minimum Gasteiger partial charge on any atom is -0.388 e. The molecule has 9 nitrogen and oxygen atoms in total. The molecule has 3 aromatic rings. The second-order valence-electron chi connectivity index (χ2n) is 6.27. The molecule has 10 heteroatoms. The lowest BCUT2D eigenvalue weighted by Gasteiger charge is -2.35. The fraction of sp³-hybridized carbons (Fsp3) is 0.278. The second-order valence-corrected chi connectivity index (χ2v) is 6.27. The van der Waals surface area contributed by atoms with E-state index in [1.54, 1.807) is 23.5 Å². The Bertz CT molecular complexity index is 1010. The third-order valence-corrected chi connectivity index (χ3v) is 4.49. The third kappa shape index (κ3) is 3.75. The molecule has 1 aromatic carbocycles. The van der Waals surface area contributed by atoms with Crippen molar-refractivity contribution >= 4 is 11.7 Å². The van der Waals surface area contributed by atoms with Crippen LogP contribution >= 0.6 is 0 Å². The number of anilines is 1. The number of hydrogen-bond donors (Lipinski definition) is 0. The lowest BCUT2D eigenvalue weighted by atomic mass is 10.2. The SMILES string of the molecule is O=C(Cn1nc(-c2ccc(F)cc2)oc1=O)N1CCN(c2cnccn2)CC1. The predicted octanol–water partition coefficient (Wildman–Crippen LogP) is 0.781. The van der Waals surface area contributed by atoms with Crippen molar-refractivity contribution in [2.45, 2.75) is 6.54 Å². The first-order valence-corrected chi connectivity index (χ1v) is 8.73. The zero-order valence-electron chi connectivity index (χ0n) is 14.9. The van der Waals surface area contributed by atoms with Crippen LogP contribution in [0.3, 0.4) is 0 Å². The van der Waals surface area contributed by atoms with Crippen LogP contribution in [0.4, 0.5) is 10.2 Å². The molecule has 0 saturated carbocycles. The zero-order valence-corrected chi connectivity index (χ0v) is 14.9. The molecular formula is C18H17FN6O3. The van der Waals surface area contributed by atoms with Gasteiger partial charge in [-0.05, 0) is 24.3 Å². The summed E-state index contributed by atoms with van der Waals surface area (Å²) in [5, 5.41) is 4.05. The third-order valence-electron chi connectivity index (χ3n) is 4.49. The number of rotatable bonds is 4. The van der Waals surface area contributed by atoms with Gasteiger partial charge in [-0.2, -0.15) is 4.68 Å². The van der Waals surface area contributed by atoms with Gasteiger partial charge in [0.25, 0.3) is 0 Å². The highest BCUT2D eigenvalue weighted by molar-refractivity contribution is 5.76. The Morgan fingerprint density at radius 2 is 1.86 bits per heavy atom. The van der Waals surface area contributed by atoms with Gasteiger partial charge in [0.2, 0.25) is 11.8 Å². The first kappa shape index (κ1) is 17.8. The van der Waals surface area contributed by atoms with Gasteiger partial charge in [-0.3, -0.25) is 9.78 Å². The summed E-state index contributed by atoms with van der Waals surface area (Å²) in [7, 11) is 0. The normalized spacial score (nSPS) is 14.3. The molecule has 0 N–H and O–H groups in total. The van der Waals surface area contributed by atoms with Gasteiger partial charge in [0, 0.05) is 44.1 Å². The maximum Gasteiger partial charge on any atom is 0.437 e. The van der Waals surface area contributed by atoms with Crippen LogP contribution in [0.5, 0.6) is 0 Å². The summed E-state index contributed by atoms with van der Waals surface area (Å²) in [6.07, 6.45) is 4.92. The van der Waals surface area contributed by atoms with Crippen molar-refractivity contribution in [3.63, 3.8) is 0 Å². The maximum absolute atomic E-state index is 13.0. The van der Waals surface area contributed by atoms with Gasteiger partial charge in [-0.1, -0.05) is 0 Å². The number of amides is 1. The molecule has 0 unspecified atom stereocenters. The van der Waals surface area contributed by atoms with E-state index in [9.17, 15) is 14.0 Å². The molecule has 2 aromatic heterocycles. The second kappa shape index (κ2) is 7.59. The number of halogens is 1. The quantitative estimate of drug-likeness (QED) is 0.656. The minimum atomic E-state index is -0.731. The Morgan fingerprint density at radius 1 is 1.11 bits per heavy atom. The lowest BCUT2D eigenvalue weighted by molar-refractivity contribution is -0.132. The summed E-state index contributed by atoms with van der Waals surface area (Å²) >= 11 is 0. The van der Waals surface area contributed by atoms with E-state index in [4.69, 9.17) is 4.42 Å². The molecule has 0 radical (unpaired) electrons. The molecule has 4 rings (SSSR count). The van der Waals surface area contributed by atoms with E-state index in [0.29, 0.717) is 31.7 Å². The van der Waals surface area contributed by atoms with Gasteiger partial charge in [0.05, 0.1) is 6.20 Å². The van der Waals surface area contributed by atoms with Crippen LogP contribution in [0.2, 0.25) is 0 Å². The molecule has 1 fully saturated rings. The van der Waals surface area contributed by atoms with Gasteiger partial charge in [0.1, 0.15) is 18.2 Å². The van der Waals surface area contributed by atoms with Gasteiger partial charge < -0.3 is 14.2 Å². The summed E-state index contributed by atoms with van der Waals surface area (Å²) < 4.78 is 19.1. The van der Waals surface area contributed by atoms with E-state index in [0.717, 1.165) is 10.5 Å². The van der Waals surface area contributed by atoms with Gasteiger partial charge >= 0.3 is 5.76 Å². The lowest BCUT2D eigenvalue weighted by Crippen LogP contribution is -2.50. The smallest absolute Gasteiger partial charge is 0.388 e. The van der Waals surface area contributed by atoms with E-state index in [1.807, 2.05) is 4.90 Å². The molecule has 0 spiro atoms. The number of carbonyl (C=O) groups excluding carboxylic acids is 1. The Morgan fingerprint density at radius 3 is 2.54 bits per heavy atom. The van der Waals surface area contributed by atoms with E-state index in [2.05, 4.69) is 15.1 Å². The Balaban J connectivity index is 1.39. The van der Waals surface area contributed by atoms with Gasteiger partial charge in [-0.15, -0.1) is 5.10 Å². The number of carbonyl (C=O) groups is 1. The van der Waals surface area contributed by atoms with Crippen LogP contribution in [0.25, 0.3) is 11.5 Å². The summed E-state index contributed by atoms with van der Waals surface area (Å²) in [5.41, 5.74) is 0.460. The monoisotopic (exact) mass is 384 g/mol. The average Bonchev–Trinajstić information content (AvgIpc) is 3.09. The average molecular weight is 384 g/mol. The molecule has 1 aliphatic rings. The summed E-state index contributed by atoms with van der Waals surface area (Å²) in [5.74, 6) is -0.538. The highest BCUT2D eigenvalue weighted by Gasteiger charge is 2.23. The topological polar surface area (TPSA) is 97.4 Å². The van der Waals surface area contributed by atoms with Gasteiger partial charge in [-0.25, -0.2) is 14.2 Å². The number of piperazine rings is 1. The molecule has 1 aliphatic heterocycles. The fourth-order valence-corrected chi connectivity index (χ4v) is 2.98. The van der Waals surface area contributed by atoms with E-state index in [-0.39, 0.29) is 18.3 Å². The Hall–Kier alpha value is -3.56. The highest BCUT2D eigenvalue weighted by Crippen LogP contribution is 2.16. The molecule has 0 atom stereocenters. The van der Waals surface area contributed by atoms with Crippen LogP contribution in [0.1, 0.15) is 0 Å². The molecule has 0 bridgehead atoms. The molecule has 28 heavy (non-hydrogen) atoms. The van der Waals surface area contributed by atoms with Crippen molar-refractivity contribution in [3.05, 3.63) is 59.2 Å². The zero-order chi connectivity index (χ0) is 19.5. The Labute approximate surface area is 159 Å². The van der Waals surface area contributed by atoms with Crippen LogP contribution in [-0.2, 0) is 11.3 Å². The number of benzene rings is 1. The van der Waals surface area contributed by atoms with Crippen LogP contribution in [0.15, 0.2) is 52.1 Å². The minimum absolute atomic E-state index is 0.0465. The van der Waals surface area contributed by atoms with Crippen LogP contribution in [0, 0.1) is 5.82 Å². The first-order chi connectivity index (χ1) is 13.6. The first-order valence-electron chi connectivity index (χ1n) is 8.73. The van der Waals surface area contributed by atoms with Crippen molar-refractivity contribution in [2.75, 3.05) is 31.1 Å². The standard InChI is InChI=1S/C18H17FN6O3/c19-14-3-1-13(2-4-14)17-22-25(18(27)28-17)12-16(26)24-9-7-23(8-10-24)15-11-20-5-6-21-15/h1-6,11H,7-10,12H2. The number of nitrogens with zero attached hydrogens (tertiary/aromatic N) is 6. The van der Waals surface area contributed by atoms with Crippen molar-refractivity contribution in [3.8, 4) is 11.5 Å². The molecule has 1 amide bonds. The predicted molar refractivity (Wildman–Crippen MR) is 97.0 cm³/mol. The van der Waals surface area contributed by atoms with Crippen LogP contribution < -0.4 is 10.7 Å². The highest BCUT2D eigenvalue weighted by atomic mass is 19.1. The molecular weight excluding hydrogens is 367 g/mol.